The van der Waals surface area contributed by atoms with Crippen molar-refractivity contribution in [3.8, 4) is 5.75 Å². The second kappa shape index (κ2) is 7.71. The first-order valence-corrected chi connectivity index (χ1v) is 8.18. The first-order valence-electron chi connectivity index (χ1n) is 7.01. The van der Waals surface area contributed by atoms with E-state index in [4.69, 9.17) is 16.3 Å². The van der Waals surface area contributed by atoms with Gasteiger partial charge >= 0.3 is 0 Å². The molecule has 0 heterocycles. The van der Waals surface area contributed by atoms with Crippen molar-refractivity contribution in [2.45, 2.75) is 26.8 Å². The summed E-state index contributed by atoms with van der Waals surface area (Å²) < 4.78 is 6.87. The summed E-state index contributed by atoms with van der Waals surface area (Å²) >= 11 is 9.59. The van der Waals surface area contributed by atoms with Crippen LogP contribution >= 0.6 is 27.5 Å². The number of hydrogen-bond donors (Lipinski definition) is 1. The molecule has 4 heteroatoms. The Kier molecular flexibility index (Phi) is 5.95. The highest BCUT2D eigenvalue weighted by atomic mass is 79.9. The molecule has 0 bridgehead atoms. The predicted molar refractivity (Wildman–Crippen MR) is 93.4 cm³/mol. The SMILES string of the molecule is CCCOc1ccc(Cl)cc1NCc1ccc(Br)c(C)c1. The van der Waals surface area contributed by atoms with Crippen molar-refractivity contribution in [3.63, 3.8) is 0 Å². The van der Waals surface area contributed by atoms with E-state index in [1.165, 1.54) is 11.1 Å². The molecule has 0 unspecified atom stereocenters. The fraction of sp³-hybridized carbons (Fsp3) is 0.294. The Hall–Kier alpha value is -1.19. The van der Waals surface area contributed by atoms with Gasteiger partial charge in [-0.3, -0.25) is 0 Å². The molecular formula is C17H19BrClNO. The van der Waals surface area contributed by atoms with E-state index in [1.54, 1.807) is 0 Å². The zero-order chi connectivity index (χ0) is 15.2. The fourth-order valence-electron chi connectivity index (χ4n) is 1.99. The molecule has 0 aliphatic carbocycles. The number of hydrogen-bond acceptors (Lipinski definition) is 2. The number of halogens is 2. The largest absolute Gasteiger partial charge is 0.491 e. The Morgan fingerprint density at radius 1 is 1.19 bits per heavy atom. The highest BCUT2D eigenvalue weighted by molar-refractivity contribution is 9.10. The van der Waals surface area contributed by atoms with Gasteiger partial charge in [0, 0.05) is 16.0 Å². The van der Waals surface area contributed by atoms with Crippen LogP contribution in [0.2, 0.25) is 5.02 Å². The third-order valence-corrected chi connectivity index (χ3v) is 4.23. The highest BCUT2D eigenvalue weighted by Crippen LogP contribution is 2.29. The van der Waals surface area contributed by atoms with Crippen LogP contribution < -0.4 is 10.1 Å². The van der Waals surface area contributed by atoms with E-state index in [0.717, 1.165) is 28.9 Å². The van der Waals surface area contributed by atoms with Crippen molar-refractivity contribution in [1.82, 2.24) is 0 Å². The summed E-state index contributed by atoms with van der Waals surface area (Å²) in [7, 11) is 0. The molecule has 0 amide bonds. The number of benzene rings is 2. The van der Waals surface area contributed by atoms with Crippen molar-refractivity contribution in [2.24, 2.45) is 0 Å². The lowest BCUT2D eigenvalue weighted by molar-refractivity contribution is 0.319. The molecule has 0 spiro atoms. The lowest BCUT2D eigenvalue weighted by atomic mass is 10.1. The van der Waals surface area contributed by atoms with Crippen molar-refractivity contribution >= 4 is 33.2 Å². The summed E-state index contributed by atoms with van der Waals surface area (Å²) in [6, 6.07) is 12.0. The van der Waals surface area contributed by atoms with E-state index in [2.05, 4.69) is 53.3 Å². The van der Waals surface area contributed by atoms with Crippen LogP contribution in [-0.2, 0) is 6.54 Å². The van der Waals surface area contributed by atoms with Gasteiger partial charge in [0.15, 0.2) is 0 Å². The second-order valence-electron chi connectivity index (χ2n) is 4.93. The average molecular weight is 369 g/mol. The second-order valence-corrected chi connectivity index (χ2v) is 6.22. The van der Waals surface area contributed by atoms with Crippen LogP contribution in [0.4, 0.5) is 5.69 Å². The number of aryl methyl sites for hydroxylation is 1. The monoisotopic (exact) mass is 367 g/mol. The van der Waals surface area contributed by atoms with E-state index in [-0.39, 0.29) is 0 Å². The lowest BCUT2D eigenvalue weighted by Crippen LogP contribution is -2.04. The van der Waals surface area contributed by atoms with Crippen LogP contribution in [0.1, 0.15) is 24.5 Å². The van der Waals surface area contributed by atoms with E-state index in [9.17, 15) is 0 Å². The molecule has 2 aromatic carbocycles. The highest BCUT2D eigenvalue weighted by Gasteiger charge is 2.05. The summed E-state index contributed by atoms with van der Waals surface area (Å²) in [6.07, 6.45) is 0.980. The van der Waals surface area contributed by atoms with Crippen molar-refractivity contribution < 1.29 is 4.74 Å². The van der Waals surface area contributed by atoms with E-state index < -0.39 is 0 Å². The zero-order valence-electron chi connectivity index (χ0n) is 12.2. The standard InChI is InChI=1S/C17H19BrClNO/c1-3-8-21-17-7-5-14(19)10-16(17)20-11-13-4-6-15(18)12(2)9-13/h4-7,9-10,20H,3,8,11H2,1-2H3. The van der Waals surface area contributed by atoms with Gasteiger partial charge in [-0.15, -0.1) is 0 Å². The molecule has 0 aliphatic heterocycles. The predicted octanol–water partition coefficient (Wildman–Crippen LogP) is 5.81. The van der Waals surface area contributed by atoms with Crippen LogP contribution in [-0.4, -0.2) is 6.61 Å². The Balaban J connectivity index is 2.10. The van der Waals surface area contributed by atoms with Crippen LogP contribution in [0.3, 0.4) is 0 Å². The maximum absolute atomic E-state index is 6.08. The summed E-state index contributed by atoms with van der Waals surface area (Å²) in [6.45, 7) is 5.61. The van der Waals surface area contributed by atoms with E-state index >= 15 is 0 Å². The number of nitrogens with one attached hydrogen (secondary N) is 1. The molecule has 0 atom stereocenters. The Labute approximate surface area is 139 Å². The summed E-state index contributed by atoms with van der Waals surface area (Å²) in [4.78, 5) is 0. The normalized spacial score (nSPS) is 10.5. The van der Waals surface area contributed by atoms with Crippen LogP contribution in [0, 0.1) is 6.92 Å². The molecule has 0 aliphatic rings. The lowest BCUT2D eigenvalue weighted by Gasteiger charge is -2.14. The molecule has 0 fully saturated rings. The summed E-state index contributed by atoms with van der Waals surface area (Å²) in [5.41, 5.74) is 3.37. The van der Waals surface area contributed by atoms with Gasteiger partial charge in [0.05, 0.1) is 12.3 Å². The van der Waals surface area contributed by atoms with Crippen LogP contribution in [0.25, 0.3) is 0 Å². The van der Waals surface area contributed by atoms with Gasteiger partial charge < -0.3 is 10.1 Å². The minimum absolute atomic E-state index is 0.702. The number of ether oxygens (including phenoxy) is 1. The first kappa shape index (κ1) is 16.2. The van der Waals surface area contributed by atoms with Gasteiger partial charge in [0.2, 0.25) is 0 Å². The summed E-state index contributed by atoms with van der Waals surface area (Å²) in [5, 5.41) is 4.10. The Morgan fingerprint density at radius 2 is 2.00 bits per heavy atom. The molecule has 0 aromatic heterocycles. The molecule has 0 saturated heterocycles. The first-order chi connectivity index (χ1) is 10.1. The molecule has 2 nitrogen and oxygen atoms in total. The zero-order valence-corrected chi connectivity index (χ0v) is 14.6. The third kappa shape index (κ3) is 4.65. The van der Waals surface area contributed by atoms with Gasteiger partial charge in [-0.2, -0.15) is 0 Å². The smallest absolute Gasteiger partial charge is 0.142 e. The van der Waals surface area contributed by atoms with Gasteiger partial charge in [-0.1, -0.05) is 46.6 Å². The molecule has 2 aromatic rings. The third-order valence-electron chi connectivity index (χ3n) is 3.11. The van der Waals surface area contributed by atoms with E-state index in [0.29, 0.717) is 11.6 Å². The average Bonchev–Trinajstić information content (AvgIpc) is 2.47. The van der Waals surface area contributed by atoms with Crippen molar-refractivity contribution in [3.05, 3.63) is 57.0 Å². The molecule has 112 valence electrons. The maximum atomic E-state index is 6.08. The van der Waals surface area contributed by atoms with Crippen molar-refractivity contribution in [2.75, 3.05) is 11.9 Å². The topological polar surface area (TPSA) is 21.3 Å². The summed E-state index contributed by atoms with van der Waals surface area (Å²) in [5.74, 6) is 0.843. The Bertz CT molecular complexity index is 616. The fourth-order valence-corrected chi connectivity index (χ4v) is 2.41. The van der Waals surface area contributed by atoms with Crippen LogP contribution in [0.15, 0.2) is 40.9 Å². The minimum Gasteiger partial charge on any atom is -0.491 e. The maximum Gasteiger partial charge on any atom is 0.142 e. The van der Waals surface area contributed by atoms with Gasteiger partial charge in [-0.05, 0) is 48.7 Å². The minimum atomic E-state index is 0.702. The van der Waals surface area contributed by atoms with Gasteiger partial charge in [0.1, 0.15) is 5.75 Å². The molecule has 0 saturated carbocycles. The van der Waals surface area contributed by atoms with Crippen LogP contribution in [0.5, 0.6) is 5.75 Å². The Morgan fingerprint density at radius 3 is 2.71 bits per heavy atom. The van der Waals surface area contributed by atoms with Crippen molar-refractivity contribution in [1.29, 1.82) is 0 Å². The molecular weight excluding hydrogens is 350 g/mol. The molecule has 1 N–H and O–H groups in total. The number of rotatable bonds is 6. The van der Waals surface area contributed by atoms with Gasteiger partial charge in [-0.25, -0.2) is 0 Å². The number of anilines is 1. The van der Waals surface area contributed by atoms with Gasteiger partial charge in [0.25, 0.3) is 0 Å². The quantitative estimate of drug-likeness (QED) is 0.694. The molecule has 0 radical (unpaired) electrons. The molecule has 2 rings (SSSR count). The van der Waals surface area contributed by atoms with E-state index in [1.807, 2.05) is 18.2 Å². The molecule has 21 heavy (non-hydrogen) atoms.